The number of amidine groups is 1. The molecule has 0 radical (unpaired) electrons. The molecule has 18 heavy (non-hydrogen) atoms. The number of aromatic nitrogens is 2. The van der Waals surface area contributed by atoms with Gasteiger partial charge in [0.1, 0.15) is 4.90 Å². The van der Waals surface area contributed by atoms with Gasteiger partial charge in [-0.25, -0.2) is 8.42 Å². The number of piperidine rings is 1. The molecule has 2 rings (SSSR count). The summed E-state index contributed by atoms with van der Waals surface area (Å²) in [6, 6.07) is 0. The maximum absolute atomic E-state index is 12.3. The summed E-state index contributed by atoms with van der Waals surface area (Å²) in [5, 5.41) is 13.8. The molecule has 0 aromatic carbocycles. The second kappa shape index (κ2) is 4.69. The lowest BCUT2D eigenvalue weighted by Crippen LogP contribution is -2.41. The van der Waals surface area contributed by atoms with Gasteiger partial charge in [0.25, 0.3) is 0 Å². The topological polar surface area (TPSA) is 116 Å². The summed E-state index contributed by atoms with van der Waals surface area (Å²) in [5.74, 6) is 0.147. The van der Waals surface area contributed by atoms with Gasteiger partial charge in [-0.05, 0) is 19.8 Å². The Balaban J connectivity index is 2.15. The molecule has 1 saturated heterocycles. The van der Waals surface area contributed by atoms with E-state index in [-0.39, 0.29) is 16.6 Å². The van der Waals surface area contributed by atoms with Crippen molar-refractivity contribution in [2.75, 3.05) is 13.1 Å². The van der Waals surface area contributed by atoms with Crippen molar-refractivity contribution < 1.29 is 8.42 Å². The number of hydrogen-bond acceptors (Lipinski definition) is 4. The largest absolute Gasteiger partial charge is 0.387 e. The molecular weight excluding hydrogens is 254 g/mol. The molecule has 0 atom stereocenters. The molecule has 0 bridgehead atoms. The van der Waals surface area contributed by atoms with Crippen molar-refractivity contribution in [3.63, 3.8) is 0 Å². The van der Waals surface area contributed by atoms with Crippen LogP contribution in [0.4, 0.5) is 0 Å². The Morgan fingerprint density at radius 3 is 2.61 bits per heavy atom. The van der Waals surface area contributed by atoms with Crippen LogP contribution < -0.4 is 5.73 Å². The van der Waals surface area contributed by atoms with Crippen LogP contribution in [0.5, 0.6) is 0 Å². The smallest absolute Gasteiger partial charge is 0.246 e. The molecule has 8 heteroatoms. The highest BCUT2D eigenvalue weighted by atomic mass is 32.2. The Kier molecular flexibility index (Phi) is 3.40. The predicted molar refractivity (Wildman–Crippen MR) is 66.7 cm³/mol. The SMILES string of the molecule is Cc1[nH]ncc1S(=O)(=O)N1CCC(C(=N)N)CC1. The molecule has 4 N–H and O–H groups in total. The minimum absolute atomic E-state index is 0.00176. The number of H-pyrrole nitrogens is 1. The lowest BCUT2D eigenvalue weighted by molar-refractivity contribution is 0.314. The zero-order chi connectivity index (χ0) is 13.3. The molecular formula is C10H17N5O2S. The van der Waals surface area contributed by atoms with Crippen LogP contribution in [-0.4, -0.2) is 41.8 Å². The average molecular weight is 271 g/mol. The molecule has 0 spiro atoms. The third-order valence-electron chi connectivity index (χ3n) is 3.30. The lowest BCUT2D eigenvalue weighted by Gasteiger charge is -2.30. The molecule has 1 aliphatic heterocycles. The van der Waals surface area contributed by atoms with Gasteiger partial charge in [0.05, 0.1) is 17.7 Å². The van der Waals surface area contributed by atoms with Crippen molar-refractivity contribution in [1.29, 1.82) is 5.41 Å². The van der Waals surface area contributed by atoms with E-state index in [4.69, 9.17) is 11.1 Å². The molecule has 2 heterocycles. The number of aromatic amines is 1. The summed E-state index contributed by atoms with van der Waals surface area (Å²) in [6.07, 6.45) is 2.54. The van der Waals surface area contributed by atoms with Crippen LogP contribution in [0.2, 0.25) is 0 Å². The monoisotopic (exact) mass is 271 g/mol. The van der Waals surface area contributed by atoms with E-state index in [2.05, 4.69) is 10.2 Å². The molecule has 1 aromatic heterocycles. The quantitative estimate of drug-likeness (QED) is 0.532. The van der Waals surface area contributed by atoms with Crippen LogP contribution in [0.1, 0.15) is 18.5 Å². The van der Waals surface area contributed by atoms with Crippen LogP contribution in [0.3, 0.4) is 0 Å². The molecule has 7 nitrogen and oxygen atoms in total. The van der Waals surface area contributed by atoms with E-state index in [1.807, 2.05) is 0 Å². The van der Waals surface area contributed by atoms with E-state index in [1.54, 1.807) is 6.92 Å². The summed E-state index contributed by atoms with van der Waals surface area (Å²) in [4.78, 5) is 0.226. The van der Waals surface area contributed by atoms with Crippen molar-refractivity contribution in [2.24, 2.45) is 11.7 Å². The minimum atomic E-state index is -3.47. The Labute approximate surface area is 106 Å². The van der Waals surface area contributed by atoms with Gasteiger partial charge in [-0.2, -0.15) is 9.40 Å². The average Bonchev–Trinajstić information content (AvgIpc) is 2.76. The maximum Gasteiger partial charge on any atom is 0.246 e. The van der Waals surface area contributed by atoms with Crippen LogP contribution in [0, 0.1) is 18.3 Å². The molecule has 0 unspecified atom stereocenters. The highest BCUT2D eigenvalue weighted by molar-refractivity contribution is 7.89. The second-order valence-electron chi connectivity index (χ2n) is 4.49. The minimum Gasteiger partial charge on any atom is -0.387 e. The number of aryl methyl sites for hydroxylation is 1. The highest BCUT2D eigenvalue weighted by Crippen LogP contribution is 2.24. The van der Waals surface area contributed by atoms with Crippen molar-refractivity contribution in [3.8, 4) is 0 Å². The van der Waals surface area contributed by atoms with Gasteiger partial charge in [-0.1, -0.05) is 0 Å². The van der Waals surface area contributed by atoms with Crippen LogP contribution in [0.15, 0.2) is 11.1 Å². The fourth-order valence-electron chi connectivity index (χ4n) is 2.15. The zero-order valence-electron chi connectivity index (χ0n) is 10.2. The third kappa shape index (κ3) is 2.25. The first-order valence-electron chi connectivity index (χ1n) is 5.77. The van der Waals surface area contributed by atoms with Crippen LogP contribution in [-0.2, 0) is 10.0 Å². The van der Waals surface area contributed by atoms with Gasteiger partial charge in [0.15, 0.2) is 0 Å². The summed E-state index contributed by atoms with van der Waals surface area (Å²) >= 11 is 0. The zero-order valence-corrected chi connectivity index (χ0v) is 11.0. The van der Waals surface area contributed by atoms with Gasteiger partial charge in [0, 0.05) is 19.0 Å². The number of nitrogens with two attached hydrogens (primary N) is 1. The highest BCUT2D eigenvalue weighted by Gasteiger charge is 2.31. The van der Waals surface area contributed by atoms with Gasteiger partial charge in [-0.15, -0.1) is 0 Å². The number of nitrogens with one attached hydrogen (secondary N) is 2. The summed E-state index contributed by atoms with van der Waals surface area (Å²) in [7, 11) is -3.47. The first-order valence-corrected chi connectivity index (χ1v) is 7.21. The second-order valence-corrected chi connectivity index (χ2v) is 6.40. The van der Waals surface area contributed by atoms with Crippen molar-refractivity contribution in [1.82, 2.24) is 14.5 Å². The molecule has 1 aromatic rings. The summed E-state index contributed by atoms with van der Waals surface area (Å²) < 4.78 is 26.1. The fraction of sp³-hybridized carbons (Fsp3) is 0.600. The standard InChI is InChI=1S/C10H17N5O2S/c1-7-9(6-13-14-7)18(16,17)15-4-2-8(3-5-15)10(11)12/h6,8H,2-5H2,1H3,(H3,11,12)(H,13,14). The van der Waals surface area contributed by atoms with Crippen LogP contribution >= 0.6 is 0 Å². The van der Waals surface area contributed by atoms with Crippen molar-refractivity contribution >= 4 is 15.9 Å². The first-order chi connectivity index (χ1) is 8.43. The van der Waals surface area contributed by atoms with E-state index in [9.17, 15) is 8.42 Å². The van der Waals surface area contributed by atoms with Gasteiger partial charge in [-0.3, -0.25) is 10.5 Å². The molecule has 100 valence electrons. The molecule has 0 saturated carbocycles. The molecule has 1 fully saturated rings. The van der Waals surface area contributed by atoms with E-state index in [0.717, 1.165) is 0 Å². The van der Waals surface area contributed by atoms with Crippen molar-refractivity contribution in [3.05, 3.63) is 11.9 Å². The van der Waals surface area contributed by atoms with E-state index in [1.165, 1.54) is 10.5 Å². The Morgan fingerprint density at radius 1 is 1.56 bits per heavy atom. The maximum atomic E-state index is 12.3. The van der Waals surface area contributed by atoms with Crippen LogP contribution in [0.25, 0.3) is 0 Å². The Bertz CT molecular complexity index is 542. The lowest BCUT2D eigenvalue weighted by atomic mass is 9.97. The van der Waals surface area contributed by atoms with Gasteiger partial charge >= 0.3 is 0 Å². The first kappa shape index (κ1) is 13.0. The predicted octanol–water partition coefficient (Wildman–Crippen LogP) is 0.0548. The van der Waals surface area contributed by atoms with E-state index in [0.29, 0.717) is 31.6 Å². The molecule has 1 aliphatic rings. The van der Waals surface area contributed by atoms with E-state index < -0.39 is 10.0 Å². The van der Waals surface area contributed by atoms with Gasteiger partial charge in [0.2, 0.25) is 10.0 Å². The van der Waals surface area contributed by atoms with E-state index >= 15 is 0 Å². The molecule has 0 aliphatic carbocycles. The fourth-order valence-corrected chi connectivity index (χ4v) is 3.73. The number of hydrogen-bond donors (Lipinski definition) is 3. The van der Waals surface area contributed by atoms with Gasteiger partial charge < -0.3 is 5.73 Å². The normalized spacial score (nSPS) is 18.9. The summed E-state index contributed by atoms with van der Waals surface area (Å²) in [5.41, 5.74) is 5.99. The Hall–Kier alpha value is -1.41. The number of rotatable bonds is 3. The third-order valence-corrected chi connectivity index (χ3v) is 5.31. The number of sulfonamides is 1. The van der Waals surface area contributed by atoms with Crippen molar-refractivity contribution in [2.45, 2.75) is 24.7 Å². The number of nitrogens with zero attached hydrogens (tertiary/aromatic N) is 2. The Morgan fingerprint density at radius 2 is 2.17 bits per heavy atom. The summed E-state index contributed by atoms with van der Waals surface area (Å²) in [6.45, 7) is 2.48. The molecule has 0 amide bonds.